The molecule has 1 atom stereocenters. The standard InChI is InChI=1S/C22H31N5O5/c1-5-6-7-12-23-21-24-19-18(20(29)26(3)22(30)25(19)2)27(21)13-15(28)14-32-17-10-8-16(31-4)9-11-17/h8-11,15,28H,5-7,12-14H2,1-4H3,(H,23,24)/t15-/m0/s1. The van der Waals surface area contributed by atoms with Gasteiger partial charge in [0, 0.05) is 20.6 Å². The first-order chi connectivity index (χ1) is 15.4. The summed E-state index contributed by atoms with van der Waals surface area (Å²) in [6.45, 7) is 2.89. The first-order valence-corrected chi connectivity index (χ1v) is 10.7. The van der Waals surface area contributed by atoms with Gasteiger partial charge in [0.15, 0.2) is 11.2 Å². The van der Waals surface area contributed by atoms with E-state index in [4.69, 9.17) is 9.47 Å². The van der Waals surface area contributed by atoms with Crippen molar-refractivity contribution in [2.24, 2.45) is 14.1 Å². The monoisotopic (exact) mass is 445 g/mol. The van der Waals surface area contributed by atoms with Crippen LogP contribution in [0.4, 0.5) is 5.95 Å². The Labute approximate surface area is 186 Å². The number of aromatic nitrogens is 4. The van der Waals surface area contributed by atoms with Crippen LogP contribution in [0.1, 0.15) is 26.2 Å². The number of nitrogens with one attached hydrogen (secondary N) is 1. The van der Waals surface area contributed by atoms with Crippen molar-refractivity contribution in [2.75, 3.05) is 25.6 Å². The summed E-state index contributed by atoms with van der Waals surface area (Å²) in [5.74, 6) is 1.75. The van der Waals surface area contributed by atoms with E-state index in [9.17, 15) is 14.7 Å². The quantitative estimate of drug-likeness (QED) is 0.430. The van der Waals surface area contributed by atoms with Crippen LogP contribution in [0.25, 0.3) is 11.2 Å². The van der Waals surface area contributed by atoms with E-state index in [1.807, 2.05) is 0 Å². The lowest BCUT2D eigenvalue weighted by atomic mass is 10.2. The lowest BCUT2D eigenvalue weighted by Gasteiger charge is -2.16. The molecule has 0 saturated heterocycles. The summed E-state index contributed by atoms with van der Waals surface area (Å²) in [4.78, 5) is 29.7. The van der Waals surface area contributed by atoms with Gasteiger partial charge in [0.2, 0.25) is 5.95 Å². The van der Waals surface area contributed by atoms with Gasteiger partial charge in [-0.15, -0.1) is 0 Å². The maximum atomic E-state index is 12.9. The highest BCUT2D eigenvalue weighted by atomic mass is 16.5. The maximum absolute atomic E-state index is 12.9. The Morgan fingerprint density at radius 1 is 1.09 bits per heavy atom. The first kappa shape index (κ1) is 23.4. The van der Waals surface area contributed by atoms with E-state index < -0.39 is 17.4 Å². The molecule has 3 aromatic rings. The summed E-state index contributed by atoms with van der Waals surface area (Å²) in [5, 5.41) is 13.9. The number of anilines is 1. The molecule has 10 nitrogen and oxygen atoms in total. The lowest BCUT2D eigenvalue weighted by molar-refractivity contribution is 0.0938. The summed E-state index contributed by atoms with van der Waals surface area (Å²) in [7, 11) is 4.59. The van der Waals surface area contributed by atoms with E-state index in [1.165, 1.54) is 11.6 Å². The molecule has 0 fully saturated rings. The normalized spacial score (nSPS) is 12.2. The van der Waals surface area contributed by atoms with E-state index in [0.29, 0.717) is 24.0 Å². The third-order valence-corrected chi connectivity index (χ3v) is 5.31. The van der Waals surface area contributed by atoms with E-state index in [0.717, 1.165) is 23.8 Å². The molecule has 2 N–H and O–H groups in total. The Morgan fingerprint density at radius 3 is 2.44 bits per heavy atom. The molecule has 3 rings (SSSR count). The van der Waals surface area contributed by atoms with Crippen LogP contribution in [0.15, 0.2) is 33.9 Å². The molecule has 2 aromatic heterocycles. The third-order valence-electron chi connectivity index (χ3n) is 5.31. The van der Waals surface area contributed by atoms with Crippen molar-refractivity contribution in [3.8, 4) is 11.5 Å². The van der Waals surface area contributed by atoms with Crippen LogP contribution in [0.5, 0.6) is 11.5 Å². The van der Waals surface area contributed by atoms with Gasteiger partial charge in [-0.05, 0) is 30.7 Å². The number of hydrogen-bond acceptors (Lipinski definition) is 7. The number of unbranched alkanes of at least 4 members (excludes halogenated alkanes) is 2. The van der Waals surface area contributed by atoms with Crippen molar-refractivity contribution in [2.45, 2.75) is 38.8 Å². The second kappa shape index (κ2) is 10.4. The molecule has 0 spiro atoms. The molecule has 0 bridgehead atoms. The van der Waals surface area contributed by atoms with Crippen molar-refractivity contribution < 1.29 is 14.6 Å². The van der Waals surface area contributed by atoms with Gasteiger partial charge < -0.3 is 24.5 Å². The van der Waals surface area contributed by atoms with Gasteiger partial charge in [0.25, 0.3) is 5.56 Å². The number of aliphatic hydroxyl groups excluding tert-OH is 1. The first-order valence-electron chi connectivity index (χ1n) is 10.7. The third kappa shape index (κ3) is 4.96. The number of benzene rings is 1. The van der Waals surface area contributed by atoms with Crippen LogP contribution >= 0.6 is 0 Å². The molecule has 0 aliphatic carbocycles. The molecule has 0 unspecified atom stereocenters. The number of ether oxygens (including phenoxy) is 2. The van der Waals surface area contributed by atoms with Gasteiger partial charge in [-0.1, -0.05) is 19.8 Å². The predicted molar refractivity (Wildman–Crippen MR) is 123 cm³/mol. The average Bonchev–Trinajstić information content (AvgIpc) is 3.16. The Kier molecular flexibility index (Phi) is 7.57. The molecule has 32 heavy (non-hydrogen) atoms. The fourth-order valence-electron chi connectivity index (χ4n) is 3.46. The van der Waals surface area contributed by atoms with Gasteiger partial charge >= 0.3 is 5.69 Å². The topological polar surface area (TPSA) is 113 Å². The Bertz CT molecular complexity index is 1160. The molecule has 2 heterocycles. The van der Waals surface area contributed by atoms with Crippen molar-refractivity contribution in [3.63, 3.8) is 0 Å². The summed E-state index contributed by atoms with van der Waals surface area (Å²) >= 11 is 0. The van der Waals surface area contributed by atoms with Gasteiger partial charge in [0.1, 0.15) is 24.2 Å². The number of rotatable bonds is 11. The lowest BCUT2D eigenvalue weighted by Crippen LogP contribution is -2.38. The highest BCUT2D eigenvalue weighted by Gasteiger charge is 2.21. The molecular formula is C22H31N5O5. The molecule has 0 radical (unpaired) electrons. The van der Waals surface area contributed by atoms with Gasteiger partial charge in [-0.25, -0.2) is 4.79 Å². The van der Waals surface area contributed by atoms with Crippen LogP contribution in [-0.4, -0.2) is 50.2 Å². The number of aliphatic hydroxyl groups is 1. The van der Waals surface area contributed by atoms with E-state index in [-0.39, 0.29) is 24.3 Å². The minimum absolute atomic E-state index is 0.0212. The number of nitrogens with zero attached hydrogens (tertiary/aromatic N) is 4. The number of methoxy groups -OCH3 is 1. The average molecular weight is 446 g/mol. The summed E-state index contributed by atoms with van der Waals surface area (Å²) in [6.07, 6.45) is 2.17. The Morgan fingerprint density at radius 2 is 1.78 bits per heavy atom. The van der Waals surface area contributed by atoms with Crippen LogP contribution < -0.4 is 26.0 Å². The minimum atomic E-state index is -0.910. The van der Waals surface area contributed by atoms with E-state index >= 15 is 0 Å². The molecule has 0 saturated carbocycles. The van der Waals surface area contributed by atoms with Crippen molar-refractivity contribution in [3.05, 3.63) is 45.1 Å². The van der Waals surface area contributed by atoms with E-state index in [1.54, 1.807) is 43.0 Å². The van der Waals surface area contributed by atoms with Gasteiger partial charge in [-0.2, -0.15) is 4.98 Å². The van der Waals surface area contributed by atoms with Crippen LogP contribution in [0.3, 0.4) is 0 Å². The molecule has 1 aromatic carbocycles. The molecular weight excluding hydrogens is 414 g/mol. The highest BCUT2D eigenvalue weighted by molar-refractivity contribution is 5.74. The highest BCUT2D eigenvalue weighted by Crippen LogP contribution is 2.19. The maximum Gasteiger partial charge on any atom is 0.332 e. The Balaban J connectivity index is 1.86. The van der Waals surface area contributed by atoms with Crippen molar-refractivity contribution in [1.82, 2.24) is 18.7 Å². The SMILES string of the molecule is CCCCCNc1nc2c(c(=O)n(C)c(=O)n2C)n1C[C@H](O)COc1ccc(OC)cc1. The van der Waals surface area contributed by atoms with Crippen LogP contribution in [0, 0.1) is 0 Å². The Hall–Kier alpha value is -3.27. The molecule has 0 aliphatic rings. The fraction of sp³-hybridized carbons (Fsp3) is 0.500. The van der Waals surface area contributed by atoms with E-state index in [2.05, 4.69) is 17.2 Å². The number of aryl methyl sites for hydroxylation is 1. The molecule has 0 amide bonds. The molecule has 10 heteroatoms. The van der Waals surface area contributed by atoms with Gasteiger partial charge in [-0.3, -0.25) is 13.9 Å². The largest absolute Gasteiger partial charge is 0.497 e. The summed E-state index contributed by atoms with van der Waals surface area (Å²) in [6, 6.07) is 7.05. The number of fused-ring (bicyclic) bond motifs is 1. The number of hydrogen-bond donors (Lipinski definition) is 2. The summed E-state index contributed by atoms with van der Waals surface area (Å²) < 4.78 is 14.8. The van der Waals surface area contributed by atoms with Crippen molar-refractivity contribution >= 4 is 17.1 Å². The molecule has 174 valence electrons. The van der Waals surface area contributed by atoms with Crippen LogP contribution in [0.2, 0.25) is 0 Å². The summed E-state index contributed by atoms with van der Waals surface area (Å²) in [5.41, 5.74) is -0.371. The predicted octanol–water partition coefficient (Wildman–Crippen LogP) is 1.48. The minimum Gasteiger partial charge on any atom is -0.497 e. The second-order valence-corrected chi connectivity index (χ2v) is 7.70. The number of imidazole rings is 1. The molecule has 0 aliphatic heterocycles. The smallest absolute Gasteiger partial charge is 0.332 e. The zero-order valence-electron chi connectivity index (χ0n) is 19.0. The van der Waals surface area contributed by atoms with Gasteiger partial charge in [0.05, 0.1) is 13.7 Å². The zero-order chi connectivity index (χ0) is 23.3. The fourth-order valence-corrected chi connectivity index (χ4v) is 3.46. The van der Waals surface area contributed by atoms with Crippen LogP contribution in [-0.2, 0) is 20.6 Å². The zero-order valence-corrected chi connectivity index (χ0v) is 19.0. The second-order valence-electron chi connectivity index (χ2n) is 7.70. The van der Waals surface area contributed by atoms with Crippen molar-refractivity contribution in [1.29, 1.82) is 0 Å².